The zero-order valence-electron chi connectivity index (χ0n) is 14.8. The number of nitrogens with zero attached hydrogens (tertiary/aromatic N) is 2. The molecule has 25 heavy (non-hydrogen) atoms. The van der Waals surface area contributed by atoms with E-state index in [-0.39, 0.29) is 0 Å². The fourth-order valence-electron chi connectivity index (χ4n) is 3.26. The third-order valence-electron chi connectivity index (χ3n) is 4.59. The van der Waals surface area contributed by atoms with Crippen LogP contribution in [0.2, 0.25) is 0 Å². The van der Waals surface area contributed by atoms with E-state index in [0.717, 1.165) is 48.8 Å². The Labute approximate surface area is 148 Å². The fourth-order valence-corrected chi connectivity index (χ4v) is 3.26. The molecule has 2 aromatic rings. The Morgan fingerprint density at radius 2 is 2.04 bits per heavy atom. The Morgan fingerprint density at radius 1 is 1.28 bits per heavy atom. The van der Waals surface area contributed by atoms with Gasteiger partial charge < -0.3 is 20.5 Å². The van der Waals surface area contributed by atoms with Gasteiger partial charge in [0.05, 0.1) is 13.2 Å². The Kier molecular flexibility index (Phi) is 5.83. The molecule has 1 aromatic carbocycles. The number of methoxy groups -OCH3 is 1. The molecule has 1 fully saturated rings. The normalized spacial score (nSPS) is 16.4. The third-order valence-corrected chi connectivity index (χ3v) is 4.59. The maximum absolute atomic E-state index is 10.5. The lowest BCUT2D eigenvalue weighted by atomic mass is 9.94. The minimum absolute atomic E-state index is 0.364. The van der Waals surface area contributed by atoms with Crippen LogP contribution in [0.3, 0.4) is 0 Å². The number of aliphatic hydroxyl groups is 1. The lowest BCUT2D eigenvalue weighted by molar-refractivity contribution is 0.186. The minimum Gasteiger partial charge on any atom is -0.496 e. The first-order valence-electron chi connectivity index (χ1n) is 8.78. The van der Waals surface area contributed by atoms with Gasteiger partial charge in [-0.25, -0.2) is 9.97 Å². The third kappa shape index (κ3) is 4.46. The van der Waals surface area contributed by atoms with E-state index >= 15 is 0 Å². The SMILES string of the molecule is COc1ccccc1C(O)CNc1cc(C2CCNCC2)nc(C)n1. The summed E-state index contributed by atoms with van der Waals surface area (Å²) in [5.74, 6) is 2.67. The summed E-state index contributed by atoms with van der Waals surface area (Å²) in [7, 11) is 1.61. The van der Waals surface area contributed by atoms with Crippen LogP contribution in [-0.2, 0) is 0 Å². The summed E-state index contributed by atoms with van der Waals surface area (Å²) in [4.78, 5) is 9.07. The van der Waals surface area contributed by atoms with Crippen LogP contribution < -0.4 is 15.4 Å². The molecule has 134 valence electrons. The number of hydrogen-bond acceptors (Lipinski definition) is 6. The maximum atomic E-state index is 10.5. The van der Waals surface area contributed by atoms with Crippen molar-refractivity contribution in [3.05, 3.63) is 47.4 Å². The first-order valence-corrected chi connectivity index (χ1v) is 8.78. The summed E-state index contributed by atoms with van der Waals surface area (Å²) in [6.45, 7) is 4.33. The van der Waals surface area contributed by atoms with E-state index in [9.17, 15) is 5.11 Å². The van der Waals surface area contributed by atoms with Gasteiger partial charge in [-0.05, 0) is 38.9 Å². The summed E-state index contributed by atoms with van der Waals surface area (Å²) in [5.41, 5.74) is 1.85. The molecule has 0 bridgehead atoms. The molecule has 0 saturated carbocycles. The molecule has 3 N–H and O–H groups in total. The van der Waals surface area contributed by atoms with Crippen molar-refractivity contribution >= 4 is 5.82 Å². The van der Waals surface area contributed by atoms with E-state index in [1.807, 2.05) is 37.3 Å². The van der Waals surface area contributed by atoms with Gasteiger partial charge in [-0.3, -0.25) is 0 Å². The van der Waals surface area contributed by atoms with Crippen LogP contribution in [0.5, 0.6) is 5.75 Å². The average molecular weight is 342 g/mol. The smallest absolute Gasteiger partial charge is 0.130 e. The second-order valence-corrected chi connectivity index (χ2v) is 6.39. The maximum Gasteiger partial charge on any atom is 0.130 e. The van der Waals surface area contributed by atoms with E-state index < -0.39 is 6.10 Å². The number of ether oxygens (including phenoxy) is 1. The number of anilines is 1. The molecule has 0 spiro atoms. The van der Waals surface area contributed by atoms with Crippen LogP contribution in [0, 0.1) is 6.92 Å². The Bertz CT molecular complexity index is 702. The molecule has 1 aliphatic heterocycles. The monoisotopic (exact) mass is 342 g/mol. The van der Waals surface area contributed by atoms with E-state index in [0.29, 0.717) is 18.2 Å². The molecule has 2 heterocycles. The fraction of sp³-hybridized carbons (Fsp3) is 0.474. The standard InChI is InChI=1S/C19H26N4O2/c1-13-22-16(14-7-9-20-10-8-14)11-19(23-13)21-12-17(24)15-5-3-4-6-18(15)25-2/h3-6,11,14,17,20,24H,7-10,12H2,1-2H3,(H,21,22,23). The van der Waals surface area contributed by atoms with E-state index in [1.54, 1.807) is 7.11 Å². The number of rotatable bonds is 6. The highest BCUT2D eigenvalue weighted by molar-refractivity contribution is 5.40. The van der Waals surface area contributed by atoms with Gasteiger partial charge in [0.25, 0.3) is 0 Å². The molecule has 3 rings (SSSR count). The second-order valence-electron chi connectivity index (χ2n) is 6.39. The van der Waals surface area contributed by atoms with Crippen LogP contribution >= 0.6 is 0 Å². The zero-order valence-corrected chi connectivity index (χ0v) is 14.8. The largest absolute Gasteiger partial charge is 0.496 e. The number of aromatic nitrogens is 2. The van der Waals surface area contributed by atoms with Crippen molar-refractivity contribution in [3.63, 3.8) is 0 Å². The second kappa shape index (κ2) is 8.27. The summed E-state index contributed by atoms with van der Waals surface area (Å²) < 4.78 is 5.32. The molecule has 1 unspecified atom stereocenters. The number of hydrogen-bond donors (Lipinski definition) is 3. The Hall–Kier alpha value is -2.18. The highest BCUT2D eigenvalue weighted by Crippen LogP contribution is 2.27. The van der Waals surface area contributed by atoms with Crippen molar-refractivity contribution in [3.8, 4) is 5.75 Å². The molecule has 1 saturated heterocycles. The van der Waals surface area contributed by atoms with Gasteiger partial charge in [0, 0.05) is 29.8 Å². The number of nitrogens with one attached hydrogen (secondary N) is 2. The van der Waals surface area contributed by atoms with Crippen molar-refractivity contribution in [2.45, 2.75) is 31.8 Å². The van der Waals surface area contributed by atoms with Crippen LogP contribution in [-0.4, -0.2) is 41.8 Å². The molecular weight excluding hydrogens is 316 g/mol. The van der Waals surface area contributed by atoms with Gasteiger partial charge >= 0.3 is 0 Å². The van der Waals surface area contributed by atoms with E-state index in [1.165, 1.54) is 0 Å². The van der Waals surface area contributed by atoms with Gasteiger partial charge in [-0.1, -0.05) is 18.2 Å². The van der Waals surface area contributed by atoms with Gasteiger partial charge in [0.15, 0.2) is 0 Å². The number of benzene rings is 1. The molecular formula is C19H26N4O2. The lowest BCUT2D eigenvalue weighted by Crippen LogP contribution is -2.27. The van der Waals surface area contributed by atoms with Crippen LogP contribution in [0.4, 0.5) is 5.82 Å². The van der Waals surface area contributed by atoms with Gasteiger partial charge in [0.1, 0.15) is 17.4 Å². The van der Waals surface area contributed by atoms with Crippen molar-refractivity contribution < 1.29 is 9.84 Å². The Balaban J connectivity index is 1.69. The summed E-state index contributed by atoms with van der Waals surface area (Å²) in [6.07, 6.45) is 1.52. The predicted molar refractivity (Wildman–Crippen MR) is 98.1 cm³/mol. The quantitative estimate of drug-likeness (QED) is 0.748. The highest BCUT2D eigenvalue weighted by Gasteiger charge is 2.18. The predicted octanol–water partition coefficient (Wildman–Crippen LogP) is 2.41. The highest BCUT2D eigenvalue weighted by atomic mass is 16.5. The Morgan fingerprint density at radius 3 is 2.80 bits per heavy atom. The molecule has 0 aliphatic carbocycles. The summed E-state index contributed by atoms with van der Waals surface area (Å²) in [5, 5.41) is 17.1. The van der Waals surface area contributed by atoms with Gasteiger partial charge in [0.2, 0.25) is 0 Å². The van der Waals surface area contributed by atoms with Crippen LogP contribution in [0.1, 0.15) is 41.9 Å². The molecule has 6 heteroatoms. The van der Waals surface area contributed by atoms with Crippen molar-refractivity contribution in [2.24, 2.45) is 0 Å². The lowest BCUT2D eigenvalue weighted by Gasteiger charge is -2.23. The molecule has 1 aromatic heterocycles. The van der Waals surface area contributed by atoms with Gasteiger partial charge in [-0.15, -0.1) is 0 Å². The van der Waals surface area contributed by atoms with E-state index in [2.05, 4.69) is 20.6 Å². The number of aryl methyl sites for hydroxylation is 1. The topological polar surface area (TPSA) is 79.3 Å². The average Bonchev–Trinajstić information content (AvgIpc) is 2.66. The first-order chi connectivity index (χ1) is 12.2. The number of piperidine rings is 1. The molecule has 0 radical (unpaired) electrons. The minimum atomic E-state index is -0.672. The molecule has 0 amide bonds. The first kappa shape index (κ1) is 17.6. The van der Waals surface area contributed by atoms with Crippen LogP contribution in [0.25, 0.3) is 0 Å². The number of para-hydroxylation sites is 1. The van der Waals surface area contributed by atoms with Crippen molar-refractivity contribution in [1.29, 1.82) is 0 Å². The molecule has 1 atom stereocenters. The van der Waals surface area contributed by atoms with Gasteiger partial charge in [-0.2, -0.15) is 0 Å². The number of aliphatic hydroxyl groups excluding tert-OH is 1. The van der Waals surface area contributed by atoms with Crippen molar-refractivity contribution in [1.82, 2.24) is 15.3 Å². The zero-order chi connectivity index (χ0) is 17.6. The summed E-state index contributed by atoms with van der Waals surface area (Å²) >= 11 is 0. The van der Waals surface area contributed by atoms with Crippen molar-refractivity contribution in [2.75, 3.05) is 32.1 Å². The molecule has 1 aliphatic rings. The van der Waals surface area contributed by atoms with Crippen LogP contribution in [0.15, 0.2) is 30.3 Å². The molecule has 6 nitrogen and oxygen atoms in total. The summed E-state index contributed by atoms with van der Waals surface area (Å²) in [6, 6.07) is 9.52. The van der Waals surface area contributed by atoms with E-state index in [4.69, 9.17) is 4.74 Å².